The minimum atomic E-state index is -0.269. The van der Waals surface area contributed by atoms with Crippen molar-refractivity contribution in [1.82, 2.24) is 0 Å². The third-order valence-corrected chi connectivity index (χ3v) is 7.87. The number of hydrogen-bond acceptors (Lipinski definition) is 3. The summed E-state index contributed by atoms with van der Waals surface area (Å²) in [6, 6.07) is 27.7. The van der Waals surface area contributed by atoms with Crippen molar-refractivity contribution < 1.29 is 9.13 Å². The van der Waals surface area contributed by atoms with Gasteiger partial charge in [-0.15, -0.1) is 0 Å². The van der Waals surface area contributed by atoms with Gasteiger partial charge in [-0.25, -0.2) is 4.39 Å². The second kappa shape index (κ2) is 10.6. The summed E-state index contributed by atoms with van der Waals surface area (Å²) in [5.74, 6) is 1.39. The molecule has 5 heteroatoms. The summed E-state index contributed by atoms with van der Waals surface area (Å²) < 4.78 is 20.5. The third-order valence-electron chi connectivity index (χ3n) is 7.38. The van der Waals surface area contributed by atoms with E-state index >= 15 is 0 Å². The molecule has 38 heavy (non-hydrogen) atoms. The summed E-state index contributed by atoms with van der Waals surface area (Å²) in [6.45, 7) is 2.44. The van der Waals surface area contributed by atoms with Crippen LogP contribution in [0.15, 0.2) is 107 Å². The van der Waals surface area contributed by atoms with Crippen molar-refractivity contribution in [2.45, 2.75) is 31.9 Å². The van der Waals surface area contributed by atoms with Crippen LogP contribution < -0.4 is 10.1 Å². The molecule has 2 aliphatic rings. The molecule has 0 saturated carbocycles. The van der Waals surface area contributed by atoms with E-state index in [2.05, 4.69) is 82.8 Å². The molecule has 1 heterocycles. The number of allylic oxidation sites excluding steroid dienone is 2. The predicted molar refractivity (Wildman–Crippen MR) is 156 cm³/mol. The van der Waals surface area contributed by atoms with Crippen LogP contribution in [0, 0.1) is 18.7 Å². The van der Waals surface area contributed by atoms with Crippen molar-refractivity contribution in [3.63, 3.8) is 0 Å². The zero-order valence-corrected chi connectivity index (χ0v) is 22.7. The predicted octanol–water partition coefficient (Wildman–Crippen LogP) is 9.05. The Labute approximate surface area is 231 Å². The number of ether oxygens (including phenoxy) is 1. The van der Waals surface area contributed by atoms with E-state index in [4.69, 9.17) is 9.73 Å². The second-order valence-corrected chi connectivity index (χ2v) is 10.9. The standard InChI is InChI=1S/C33H28BrFN2O/c1-21-8-14-31-30(16-21)28-6-3-7-29(28)33(37-31)23-9-12-27(13-10-23)36-19-24-18-25(34)11-15-32(24)38-20-22-4-2-5-26(35)17-22/h2-6,8-19,28-29,33,37H,7,20H2,1H3/t28-,29-,33-/m1/s1. The van der Waals surface area contributed by atoms with Gasteiger partial charge in [-0.2, -0.15) is 0 Å². The Bertz CT molecular complexity index is 1530. The fourth-order valence-corrected chi connectivity index (χ4v) is 5.87. The zero-order chi connectivity index (χ0) is 26.1. The second-order valence-electron chi connectivity index (χ2n) is 10.0. The number of aliphatic imine (C=N–C) groups is 1. The smallest absolute Gasteiger partial charge is 0.128 e. The Morgan fingerprint density at radius 3 is 2.74 bits per heavy atom. The van der Waals surface area contributed by atoms with Crippen LogP contribution in [0.1, 0.15) is 46.2 Å². The van der Waals surface area contributed by atoms with E-state index in [1.165, 1.54) is 34.5 Å². The maximum Gasteiger partial charge on any atom is 0.128 e. The van der Waals surface area contributed by atoms with E-state index in [0.29, 0.717) is 17.6 Å². The van der Waals surface area contributed by atoms with E-state index in [9.17, 15) is 4.39 Å². The van der Waals surface area contributed by atoms with Crippen molar-refractivity contribution in [2.24, 2.45) is 10.9 Å². The van der Waals surface area contributed by atoms with Gasteiger partial charge in [-0.05, 0) is 84.5 Å². The average molecular weight is 568 g/mol. The number of halogens is 2. The van der Waals surface area contributed by atoms with Gasteiger partial charge in [0.2, 0.25) is 0 Å². The average Bonchev–Trinajstić information content (AvgIpc) is 3.42. The molecule has 0 aromatic heterocycles. The number of fused-ring (bicyclic) bond motifs is 3. The molecule has 0 amide bonds. The van der Waals surface area contributed by atoms with E-state index in [1.807, 2.05) is 30.5 Å². The molecule has 3 atom stereocenters. The van der Waals surface area contributed by atoms with Gasteiger partial charge >= 0.3 is 0 Å². The molecule has 0 bridgehead atoms. The molecule has 0 radical (unpaired) electrons. The fraction of sp³-hybridized carbons (Fsp3) is 0.182. The molecule has 0 saturated heterocycles. The first kappa shape index (κ1) is 24.6. The summed E-state index contributed by atoms with van der Waals surface area (Å²) in [5, 5.41) is 3.81. The van der Waals surface area contributed by atoms with E-state index < -0.39 is 0 Å². The van der Waals surface area contributed by atoms with Gasteiger partial charge in [0.15, 0.2) is 0 Å². The number of aryl methyl sites for hydroxylation is 1. The minimum Gasteiger partial charge on any atom is -0.488 e. The Hall–Kier alpha value is -3.70. The molecule has 1 aliphatic carbocycles. The van der Waals surface area contributed by atoms with Crippen molar-refractivity contribution in [3.05, 3.63) is 135 Å². The van der Waals surface area contributed by atoms with Gasteiger partial charge < -0.3 is 10.1 Å². The molecule has 3 nitrogen and oxygen atoms in total. The summed E-state index contributed by atoms with van der Waals surface area (Å²) in [7, 11) is 0. The zero-order valence-electron chi connectivity index (χ0n) is 21.1. The number of benzene rings is 4. The lowest BCUT2D eigenvalue weighted by molar-refractivity contribution is 0.305. The van der Waals surface area contributed by atoms with Gasteiger partial charge in [-0.1, -0.05) is 70.0 Å². The van der Waals surface area contributed by atoms with E-state index in [1.54, 1.807) is 6.07 Å². The molecule has 0 unspecified atom stereocenters. The molecule has 0 spiro atoms. The van der Waals surface area contributed by atoms with Crippen molar-refractivity contribution in [1.29, 1.82) is 0 Å². The van der Waals surface area contributed by atoms with Crippen LogP contribution in [-0.4, -0.2) is 6.21 Å². The Morgan fingerprint density at radius 1 is 1.03 bits per heavy atom. The maximum absolute atomic E-state index is 13.5. The largest absolute Gasteiger partial charge is 0.488 e. The summed E-state index contributed by atoms with van der Waals surface area (Å²) in [5.41, 5.74) is 7.72. The lowest BCUT2D eigenvalue weighted by Gasteiger charge is -2.37. The van der Waals surface area contributed by atoms with Gasteiger partial charge in [-0.3, -0.25) is 4.99 Å². The molecule has 4 aromatic rings. The van der Waals surface area contributed by atoms with Gasteiger partial charge in [0.05, 0.1) is 11.7 Å². The molecule has 4 aromatic carbocycles. The number of hydrogen-bond donors (Lipinski definition) is 1. The van der Waals surface area contributed by atoms with Gasteiger partial charge in [0.1, 0.15) is 18.2 Å². The third kappa shape index (κ3) is 5.16. The Kier molecular flexibility index (Phi) is 6.86. The van der Waals surface area contributed by atoms with Crippen LogP contribution >= 0.6 is 15.9 Å². The first-order valence-corrected chi connectivity index (χ1v) is 13.7. The van der Waals surface area contributed by atoms with Gasteiger partial charge in [0, 0.05) is 27.9 Å². The molecular weight excluding hydrogens is 539 g/mol. The minimum absolute atomic E-state index is 0.260. The molecule has 1 N–H and O–H groups in total. The normalized spacial score (nSPS) is 19.7. The van der Waals surface area contributed by atoms with Crippen LogP contribution in [0.25, 0.3) is 0 Å². The van der Waals surface area contributed by atoms with Crippen molar-refractivity contribution in [2.75, 3.05) is 5.32 Å². The Morgan fingerprint density at radius 2 is 1.89 bits per heavy atom. The first-order valence-electron chi connectivity index (χ1n) is 12.9. The van der Waals surface area contributed by atoms with Crippen molar-refractivity contribution >= 4 is 33.5 Å². The molecule has 6 rings (SSSR count). The quantitative estimate of drug-likeness (QED) is 0.186. The molecular formula is C33H28BrFN2O. The van der Waals surface area contributed by atoms with Gasteiger partial charge in [0.25, 0.3) is 0 Å². The summed E-state index contributed by atoms with van der Waals surface area (Å²) in [4.78, 5) is 4.73. The Balaban J connectivity index is 1.19. The summed E-state index contributed by atoms with van der Waals surface area (Å²) in [6.07, 6.45) is 7.60. The first-order chi connectivity index (χ1) is 18.5. The fourth-order valence-electron chi connectivity index (χ4n) is 5.50. The number of anilines is 1. The maximum atomic E-state index is 13.5. The van der Waals surface area contributed by atoms with E-state index in [-0.39, 0.29) is 18.5 Å². The number of nitrogens with one attached hydrogen (secondary N) is 1. The highest BCUT2D eigenvalue weighted by molar-refractivity contribution is 9.10. The molecule has 0 fully saturated rings. The van der Waals surface area contributed by atoms with E-state index in [0.717, 1.165) is 27.7 Å². The van der Waals surface area contributed by atoms with Crippen LogP contribution in [0.3, 0.4) is 0 Å². The number of nitrogens with zero attached hydrogens (tertiary/aromatic N) is 1. The van der Waals surface area contributed by atoms with Crippen LogP contribution in [0.5, 0.6) is 5.75 Å². The number of rotatable bonds is 6. The topological polar surface area (TPSA) is 33.6 Å². The molecule has 190 valence electrons. The van der Waals surface area contributed by atoms with Crippen LogP contribution in [-0.2, 0) is 6.61 Å². The highest BCUT2D eigenvalue weighted by Gasteiger charge is 2.37. The van der Waals surface area contributed by atoms with Crippen molar-refractivity contribution in [3.8, 4) is 5.75 Å². The molecule has 1 aliphatic heterocycles. The monoisotopic (exact) mass is 566 g/mol. The van der Waals surface area contributed by atoms with Crippen LogP contribution in [0.4, 0.5) is 15.8 Å². The SMILES string of the molecule is Cc1ccc2c(c1)[C@@H]1C=CC[C@H]1[C@@H](c1ccc(N=Cc3cc(Br)ccc3OCc3cccc(F)c3)cc1)N2. The highest BCUT2D eigenvalue weighted by atomic mass is 79.9. The summed E-state index contributed by atoms with van der Waals surface area (Å²) >= 11 is 3.54. The lowest BCUT2D eigenvalue weighted by atomic mass is 9.76. The highest BCUT2D eigenvalue weighted by Crippen LogP contribution is 2.50. The van der Waals surface area contributed by atoms with Crippen LogP contribution in [0.2, 0.25) is 0 Å². The lowest BCUT2D eigenvalue weighted by Crippen LogP contribution is -2.29.